The summed E-state index contributed by atoms with van der Waals surface area (Å²) in [5.74, 6) is 1.30. The molecule has 0 radical (unpaired) electrons. The van der Waals surface area contributed by atoms with Crippen LogP contribution in [0, 0.1) is 0 Å². The van der Waals surface area contributed by atoms with Crippen LogP contribution >= 0.6 is 0 Å². The van der Waals surface area contributed by atoms with E-state index in [0.29, 0.717) is 35.2 Å². The Kier molecular flexibility index (Phi) is 16.6. The van der Waals surface area contributed by atoms with Gasteiger partial charge >= 0.3 is 12.1 Å². The molecule has 0 aliphatic rings. The molecule has 0 unspecified atom stereocenters. The summed E-state index contributed by atoms with van der Waals surface area (Å²) in [5, 5.41) is 8.97. The molecule has 10 nitrogen and oxygen atoms in total. The van der Waals surface area contributed by atoms with E-state index in [2.05, 4.69) is 21.9 Å². The van der Waals surface area contributed by atoms with E-state index in [9.17, 15) is 9.59 Å². The molecule has 0 bridgehead atoms. The van der Waals surface area contributed by atoms with E-state index in [-0.39, 0.29) is 13.0 Å². The number of aliphatic carboxylic acids is 1. The zero-order valence-electron chi connectivity index (χ0n) is 27.5. The molecular weight excluding hydrogens is 586 g/mol. The number of primary amides is 1. The number of methoxy groups -OCH3 is 1. The summed E-state index contributed by atoms with van der Waals surface area (Å²) in [6, 6.07) is 19.2. The van der Waals surface area contributed by atoms with Gasteiger partial charge < -0.3 is 35.5 Å². The van der Waals surface area contributed by atoms with E-state index in [1.165, 1.54) is 31.2 Å². The van der Waals surface area contributed by atoms with Crippen LogP contribution in [0.1, 0.15) is 82.7 Å². The number of carbonyl (C=O) groups excluding carboxylic acids is 1. The van der Waals surface area contributed by atoms with Gasteiger partial charge in [0.25, 0.3) is 0 Å². The number of hydrogen-bond acceptors (Lipinski definition) is 8. The van der Waals surface area contributed by atoms with Crippen LogP contribution in [-0.4, -0.2) is 41.5 Å². The lowest BCUT2D eigenvalue weighted by atomic mass is 10.0. The Labute approximate surface area is 272 Å². The predicted octanol–water partition coefficient (Wildman–Crippen LogP) is 7.58. The fourth-order valence-corrected chi connectivity index (χ4v) is 4.27. The lowest BCUT2D eigenvalue weighted by Gasteiger charge is -2.16. The molecule has 2 aromatic carbocycles. The number of pyridine rings is 1. The maximum Gasteiger partial charge on any atom is 0.405 e. The van der Waals surface area contributed by atoms with E-state index >= 15 is 0 Å². The van der Waals surface area contributed by atoms with Crippen molar-refractivity contribution in [3.05, 3.63) is 83.7 Å². The normalized spacial score (nSPS) is 11.0. The summed E-state index contributed by atoms with van der Waals surface area (Å²) in [5.41, 5.74) is 13.4. The van der Waals surface area contributed by atoms with Gasteiger partial charge in [0.1, 0.15) is 35.2 Å². The van der Waals surface area contributed by atoms with Crippen molar-refractivity contribution in [3.8, 4) is 17.2 Å². The highest BCUT2D eigenvalue weighted by Crippen LogP contribution is 2.22. The van der Waals surface area contributed by atoms with Gasteiger partial charge in [0.05, 0.1) is 25.8 Å². The van der Waals surface area contributed by atoms with Crippen molar-refractivity contribution in [2.45, 2.75) is 84.3 Å². The number of aromatic nitrogens is 1. The Balaban J connectivity index is 0.000000812. The Morgan fingerprint density at radius 2 is 1.59 bits per heavy atom. The van der Waals surface area contributed by atoms with Crippen molar-refractivity contribution < 1.29 is 33.6 Å². The minimum absolute atomic E-state index is 0.0798. The van der Waals surface area contributed by atoms with E-state index in [1.54, 1.807) is 52.2 Å². The van der Waals surface area contributed by atoms with Crippen LogP contribution in [-0.2, 0) is 22.6 Å². The summed E-state index contributed by atoms with van der Waals surface area (Å²) >= 11 is 0. The molecule has 0 atom stereocenters. The largest absolute Gasteiger partial charge is 0.497 e. The van der Waals surface area contributed by atoms with Crippen molar-refractivity contribution in [1.82, 2.24) is 4.98 Å². The van der Waals surface area contributed by atoms with Gasteiger partial charge in [-0.3, -0.25) is 4.79 Å². The monoisotopic (exact) mass is 635 g/mol. The third-order valence-corrected chi connectivity index (χ3v) is 6.44. The zero-order valence-corrected chi connectivity index (χ0v) is 27.5. The summed E-state index contributed by atoms with van der Waals surface area (Å²) in [4.78, 5) is 25.6. The second-order valence-corrected chi connectivity index (χ2v) is 11.6. The second kappa shape index (κ2) is 20.3. The van der Waals surface area contributed by atoms with Crippen LogP contribution in [0.5, 0.6) is 17.2 Å². The van der Waals surface area contributed by atoms with Gasteiger partial charge in [0.15, 0.2) is 0 Å². The highest BCUT2D eigenvalue weighted by Gasteiger charge is 2.12. The number of aryl methyl sites for hydroxylation is 1. The van der Waals surface area contributed by atoms with E-state index in [0.717, 1.165) is 25.0 Å². The number of carboxylic acid groups (broad SMARTS) is 1. The first-order valence-electron chi connectivity index (χ1n) is 15.6. The van der Waals surface area contributed by atoms with Crippen molar-refractivity contribution >= 4 is 23.8 Å². The van der Waals surface area contributed by atoms with Crippen molar-refractivity contribution in [3.63, 3.8) is 0 Å². The first-order chi connectivity index (χ1) is 21.9. The molecule has 0 spiro atoms. The number of nitrogens with two attached hydrogens (primary N) is 2. The number of hydrogen-bond donors (Lipinski definition) is 3. The number of nitrogen functional groups attached to an aromatic ring is 1. The Morgan fingerprint density at radius 3 is 2.20 bits per heavy atom. The molecule has 1 aromatic heterocycles. The fraction of sp³-hybridized carbons (Fsp3) is 0.417. The van der Waals surface area contributed by atoms with Gasteiger partial charge in [-0.2, -0.15) is 0 Å². The highest BCUT2D eigenvalue weighted by molar-refractivity contribution is 5.70. The SMILES string of the molecule is CC(C)(C)OC(N)=O.COc1ccc(CCCCCCCCOc2ccc(COc3cccc(N)c3)nc2/C=C/CC(=O)O)cc1. The van der Waals surface area contributed by atoms with Crippen molar-refractivity contribution in [2.24, 2.45) is 5.73 Å². The lowest BCUT2D eigenvalue weighted by molar-refractivity contribution is -0.136. The molecule has 0 aliphatic heterocycles. The minimum Gasteiger partial charge on any atom is -0.497 e. The van der Waals surface area contributed by atoms with Crippen LogP contribution in [0.3, 0.4) is 0 Å². The first-order valence-corrected chi connectivity index (χ1v) is 15.6. The molecule has 0 fully saturated rings. The van der Waals surface area contributed by atoms with Gasteiger partial charge in [-0.15, -0.1) is 0 Å². The maximum atomic E-state index is 10.9. The van der Waals surface area contributed by atoms with Crippen LogP contribution in [0.15, 0.2) is 66.7 Å². The van der Waals surface area contributed by atoms with E-state index in [1.807, 2.05) is 36.4 Å². The van der Waals surface area contributed by atoms with Gasteiger partial charge in [-0.25, -0.2) is 9.78 Å². The first kappa shape index (κ1) is 37.5. The molecule has 3 rings (SSSR count). The standard InChI is InChI=1S/C31H38N2O5.C5H11NO2/c1-36-27-18-15-24(16-19-27)10-6-4-2-3-5-7-21-37-30-20-17-26(33-29(30)13-9-14-31(34)35)23-38-28-12-8-11-25(32)22-28;1-5(2,3)8-4(6)7/h8-9,11-13,15-20,22H,2-7,10,14,21,23,32H2,1H3,(H,34,35);1-3H3,(H2,6,7)/b13-9+;. The number of carbonyl (C=O) groups is 2. The number of carboxylic acids is 1. The molecule has 1 amide bonds. The Morgan fingerprint density at radius 1 is 0.891 bits per heavy atom. The third-order valence-electron chi connectivity index (χ3n) is 6.44. The molecule has 46 heavy (non-hydrogen) atoms. The van der Waals surface area contributed by atoms with Crippen molar-refractivity contribution in [2.75, 3.05) is 19.5 Å². The average Bonchev–Trinajstić information content (AvgIpc) is 2.99. The average molecular weight is 636 g/mol. The van der Waals surface area contributed by atoms with Crippen LogP contribution in [0.2, 0.25) is 0 Å². The van der Waals surface area contributed by atoms with E-state index < -0.39 is 17.7 Å². The van der Waals surface area contributed by atoms with E-state index in [4.69, 9.17) is 30.8 Å². The number of unbranched alkanes of at least 4 members (excludes halogenated alkanes) is 5. The summed E-state index contributed by atoms with van der Waals surface area (Å²) in [6.07, 6.45) is 10.4. The Hall–Kier alpha value is -4.73. The number of rotatable bonds is 17. The topological polar surface area (TPSA) is 156 Å². The Bertz CT molecular complexity index is 1370. The number of benzene rings is 2. The highest BCUT2D eigenvalue weighted by atomic mass is 16.6. The van der Waals surface area contributed by atoms with Gasteiger partial charge in [-0.05, 0) is 88.1 Å². The summed E-state index contributed by atoms with van der Waals surface area (Å²) < 4.78 is 21.6. The molecular formula is C36H49N3O7. The molecule has 0 saturated carbocycles. The van der Waals surface area contributed by atoms with Crippen LogP contribution in [0.4, 0.5) is 10.5 Å². The molecule has 1 heterocycles. The quantitative estimate of drug-likeness (QED) is 0.100. The number of nitrogens with zero attached hydrogens (tertiary/aromatic N) is 1. The minimum atomic E-state index is -0.895. The van der Waals surface area contributed by atoms with Gasteiger partial charge in [-0.1, -0.05) is 50.0 Å². The molecule has 3 aromatic rings. The number of amides is 1. The summed E-state index contributed by atoms with van der Waals surface area (Å²) in [7, 11) is 1.69. The second-order valence-electron chi connectivity index (χ2n) is 11.6. The third kappa shape index (κ3) is 16.9. The zero-order chi connectivity index (χ0) is 33.8. The van der Waals surface area contributed by atoms with Gasteiger partial charge in [0.2, 0.25) is 0 Å². The molecule has 0 saturated heterocycles. The van der Waals surface area contributed by atoms with Crippen molar-refractivity contribution in [1.29, 1.82) is 0 Å². The number of anilines is 1. The molecule has 5 N–H and O–H groups in total. The predicted molar refractivity (Wildman–Crippen MR) is 181 cm³/mol. The maximum absolute atomic E-state index is 10.9. The molecule has 0 aliphatic carbocycles. The molecule has 250 valence electrons. The summed E-state index contributed by atoms with van der Waals surface area (Å²) in [6.45, 7) is 6.14. The number of ether oxygens (including phenoxy) is 4. The fourth-order valence-electron chi connectivity index (χ4n) is 4.27. The van der Waals surface area contributed by atoms with Crippen LogP contribution < -0.4 is 25.7 Å². The van der Waals surface area contributed by atoms with Gasteiger partial charge in [0, 0.05) is 11.8 Å². The molecule has 10 heteroatoms. The smallest absolute Gasteiger partial charge is 0.405 e. The van der Waals surface area contributed by atoms with Crippen LogP contribution in [0.25, 0.3) is 6.08 Å². The lowest BCUT2D eigenvalue weighted by Crippen LogP contribution is -2.27.